The third kappa shape index (κ3) is 3.88. The number of hydrogen-bond acceptors (Lipinski definition) is 7. The van der Waals surface area contributed by atoms with E-state index in [0.717, 1.165) is 6.07 Å². The summed E-state index contributed by atoms with van der Waals surface area (Å²) in [7, 11) is -5.70. The van der Waals surface area contributed by atoms with Gasteiger partial charge < -0.3 is 10.4 Å². The van der Waals surface area contributed by atoms with Crippen molar-refractivity contribution in [2.75, 3.05) is 11.9 Å². The Bertz CT molecular complexity index is 894. The highest BCUT2D eigenvalue weighted by molar-refractivity contribution is 7.92. The van der Waals surface area contributed by atoms with Crippen LogP contribution in [-0.4, -0.2) is 40.3 Å². The number of aliphatic hydroxyl groups is 1. The number of benzene rings is 1. The molecule has 0 aliphatic carbocycles. The topological polar surface area (TPSA) is 127 Å². The van der Waals surface area contributed by atoms with E-state index in [1.807, 2.05) is 0 Å². The molecular weight excluding hydrogens is 369 g/mol. The Balaban J connectivity index is 2.41. The van der Waals surface area contributed by atoms with E-state index < -0.39 is 30.9 Å². The van der Waals surface area contributed by atoms with E-state index in [0.29, 0.717) is 12.1 Å². The molecule has 1 aromatic carbocycles. The minimum absolute atomic E-state index is 0.173. The number of nitro benzene ring substituents is 1. The van der Waals surface area contributed by atoms with E-state index in [1.54, 1.807) is 0 Å². The van der Waals surface area contributed by atoms with E-state index in [2.05, 4.69) is 10.4 Å². The number of hydrogen-bond donors (Lipinski definition) is 2. The van der Waals surface area contributed by atoms with E-state index in [4.69, 9.17) is 5.11 Å². The lowest BCUT2D eigenvalue weighted by Crippen LogP contribution is -2.23. The lowest BCUT2D eigenvalue weighted by Gasteiger charge is -2.10. The van der Waals surface area contributed by atoms with Crippen molar-refractivity contribution < 1.29 is 31.6 Å². The van der Waals surface area contributed by atoms with Crippen LogP contribution >= 0.6 is 0 Å². The van der Waals surface area contributed by atoms with Crippen molar-refractivity contribution in [1.29, 1.82) is 0 Å². The van der Waals surface area contributed by atoms with Gasteiger partial charge in [-0.2, -0.15) is 18.3 Å². The summed E-state index contributed by atoms with van der Waals surface area (Å²) in [6, 6.07) is 1.82. The van der Waals surface area contributed by atoms with E-state index >= 15 is 0 Å². The first kappa shape index (κ1) is 18.7. The quantitative estimate of drug-likeness (QED) is 0.578. The van der Waals surface area contributed by atoms with Gasteiger partial charge in [0.25, 0.3) is 15.5 Å². The molecule has 0 aliphatic rings. The number of rotatable bonds is 6. The summed E-state index contributed by atoms with van der Waals surface area (Å²) >= 11 is 0. The van der Waals surface area contributed by atoms with Gasteiger partial charge in [0, 0.05) is 12.3 Å². The van der Waals surface area contributed by atoms with E-state index in [9.17, 15) is 31.7 Å². The second-order valence-corrected chi connectivity index (χ2v) is 6.67. The summed E-state index contributed by atoms with van der Waals surface area (Å²) in [6.45, 7) is -0.0161. The molecule has 2 N–H and O–H groups in total. The summed E-state index contributed by atoms with van der Waals surface area (Å²) in [5.74, 6) is 0. The number of anilines is 2. The second kappa shape index (κ2) is 6.68. The molecule has 0 saturated carbocycles. The van der Waals surface area contributed by atoms with Crippen LogP contribution in [0.3, 0.4) is 0 Å². The fraction of sp³-hybridized carbons (Fsp3) is 0.250. The first-order chi connectivity index (χ1) is 11.6. The van der Waals surface area contributed by atoms with Gasteiger partial charge in [-0.25, -0.2) is 8.42 Å². The highest BCUT2D eigenvalue weighted by Crippen LogP contribution is 2.35. The van der Waals surface area contributed by atoms with E-state index in [1.165, 1.54) is 17.1 Å². The predicted octanol–water partition coefficient (Wildman–Crippen LogP) is 1.82. The number of alkyl halides is 3. The molecule has 0 spiro atoms. The molecule has 0 radical (unpaired) electrons. The Morgan fingerprint density at radius 1 is 1.36 bits per heavy atom. The first-order valence-electron chi connectivity index (χ1n) is 6.56. The van der Waals surface area contributed by atoms with Crippen molar-refractivity contribution in [2.24, 2.45) is 0 Å². The number of sulfone groups is 1. The van der Waals surface area contributed by atoms with Crippen molar-refractivity contribution in [2.45, 2.75) is 16.9 Å². The molecule has 136 valence electrons. The smallest absolute Gasteiger partial charge is 0.394 e. The third-order valence-corrected chi connectivity index (χ3v) is 4.51. The summed E-state index contributed by atoms with van der Waals surface area (Å²) in [5.41, 5.74) is -6.36. The molecular formula is C12H11F3N4O5S. The SMILES string of the molecule is O=[N+]([O-])c1cc(S(=O)(=O)C(F)(F)F)ccc1Nc1cnn(CCO)c1. The van der Waals surface area contributed by atoms with Gasteiger partial charge in [-0.05, 0) is 12.1 Å². The minimum atomic E-state index is -5.70. The Morgan fingerprint density at radius 3 is 2.60 bits per heavy atom. The summed E-state index contributed by atoms with van der Waals surface area (Å²) in [4.78, 5) is 8.85. The molecule has 2 rings (SSSR count). The van der Waals surface area contributed by atoms with Gasteiger partial charge in [0.1, 0.15) is 5.69 Å². The van der Waals surface area contributed by atoms with Crippen molar-refractivity contribution in [3.63, 3.8) is 0 Å². The monoisotopic (exact) mass is 380 g/mol. The molecule has 0 unspecified atom stereocenters. The van der Waals surface area contributed by atoms with Crippen LogP contribution in [0.2, 0.25) is 0 Å². The van der Waals surface area contributed by atoms with Crippen LogP contribution in [0.5, 0.6) is 0 Å². The fourth-order valence-electron chi connectivity index (χ4n) is 1.88. The maximum absolute atomic E-state index is 12.6. The molecule has 0 saturated heterocycles. The molecule has 25 heavy (non-hydrogen) atoms. The number of aromatic nitrogens is 2. The summed E-state index contributed by atoms with van der Waals surface area (Å²) in [5, 5.41) is 26.3. The lowest BCUT2D eigenvalue weighted by atomic mass is 10.2. The number of nitrogens with one attached hydrogen (secondary N) is 1. The highest BCUT2D eigenvalue weighted by Gasteiger charge is 2.47. The predicted molar refractivity (Wildman–Crippen MR) is 78.9 cm³/mol. The third-order valence-electron chi connectivity index (χ3n) is 3.02. The highest BCUT2D eigenvalue weighted by atomic mass is 32.2. The Kier molecular flexibility index (Phi) is 4.99. The van der Waals surface area contributed by atoms with Crippen LogP contribution in [0.1, 0.15) is 0 Å². The van der Waals surface area contributed by atoms with Gasteiger partial charge in [-0.1, -0.05) is 0 Å². The average Bonchev–Trinajstić information content (AvgIpc) is 2.93. The largest absolute Gasteiger partial charge is 0.501 e. The lowest BCUT2D eigenvalue weighted by molar-refractivity contribution is -0.384. The Morgan fingerprint density at radius 2 is 2.04 bits per heavy atom. The molecule has 0 bridgehead atoms. The van der Waals surface area contributed by atoms with Crippen LogP contribution in [0.25, 0.3) is 0 Å². The number of aliphatic hydroxyl groups excluding tert-OH is 1. The van der Waals surface area contributed by atoms with Crippen LogP contribution < -0.4 is 5.32 Å². The zero-order valence-electron chi connectivity index (χ0n) is 12.3. The van der Waals surface area contributed by atoms with Gasteiger partial charge in [0.05, 0.1) is 34.9 Å². The molecule has 0 aliphatic heterocycles. The molecule has 0 fully saturated rings. The van der Waals surface area contributed by atoms with Gasteiger partial charge in [-0.3, -0.25) is 14.8 Å². The fourth-order valence-corrected chi connectivity index (χ4v) is 2.66. The first-order valence-corrected chi connectivity index (χ1v) is 8.04. The molecule has 9 nitrogen and oxygen atoms in total. The van der Waals surface area contributed by atoms with Crippen LogP contribution in [0.4, 0.5) is 30.2 Å². The number of halogens is 3. The summed E-state index contributed by atoms with van der Waals surface area (Å²) in [6.07, 6.45) is 2.68. The zero-order valence-corrected chi connectivity index (χ0v) is 13.1. The maximum Gasteiger partial charge on any atom is 0.501 e. The molecule has 13 heteroatoms. The number of nitro groups is 1. The minimum Gasteiger partial charge on any atom is -0.394 e. The van der Waals surface area contributed by atoms with Crippen LogP contribution in [0.15, 0.2) is 35.5 Å². The van der Waals surface area contributed by atoms with Crippen LogP contribution in [-0.2, 0) is 16.4 Å². The normalized spacial score (nSPS) is 12.2. The van der Waals surface area contributed by atoms with Crippen LogP contribution in [0, 0.1) is 10.1 Å². The molecule has 0 atom stereocenters. The van der Waals surface area contributed by atoms with Crippen molar-refractivity contribution in [1.82, 2.24) is 9.78 Å². The van der Waals surface area contributed by atoms with Crippen molar-refractivity contribution in [3.8, 4) is 0 Å². The molecule has 2 aromatic rings. The van der Waals surface area contributed by atoms with Crippen molar-refractivity contribution >= 4 is 26.9 Å². The Labute approximate surface area is 138 Å². The average molecular weight is 380 g/mol. The van der Waals surface area contributed by atoms with Gasteiger partial charge in [0.15, 0.2) is 0 Å². The van der Waals surface area contributed by atoms with Gasteiger partial charge in [-0.15, -0.1) is 0 Å². The van der Waals surface area contributed by atoms with Gasteiger partial charge >= 0.3 is 5.51 Å². The van der Waals surface area contributed by atoms with E-state index in [-0.39, 0.29) is 24.5 Å². The molecule has 0 amide bonds. The standard InChI is InChI=1S/C12H11F3N4O5S/c13-12(14,15)25(23,24)9-1-2-10(11(5-9)19(21)22)17-8-6-16-18(7-8)3-4-20/h1-2,5-7,17,20H,3-4H2. The second-order valence-electron chi connectivity index (χ2n) is 4.73. The van der Waals surface area contributed by atoms with Crippen molar-refractivity contribution in [3.05, 3.63) is 40.7 Å². The molecule has 1 heterocycles. The zero-order chi connectivity index (χ0) is 18.8. The molecule has 1 aromatic heterocycles. The van der Waals surface area contributed by atoms with Gasteiger partial charge in [0.2, 0.25) is 0 Å². The Hall–Kier alpha value is -2.67. The maximum atomic E-state index is 12.6. The summed E-state index contributed by atoms with van der Waals surface area (Å²) < 4.78 is 61.8. The number of nitrogens with zero attached hydrogens (tertiary/aromatic N) is 3.